The maximum atomic E-state index is 6.24. The van der Waals surface area contributed by atoms with Gasteiger partial charge in [0.15, 0.2) is 8.32 Å². The standard InChI is InChI=1S/C12H28OSi/c1-8-9-10-11(2)13-14(6,7)12(3,4)5/h11H,8-10H2,1-7H3/t11-/m1/s1. The highest BCUT2D eigenvalue weighted by atomic mass is 28.4. The van der Waals surface area contributed by atoms with Gasteiger partial charge in [-0.3, -0.25) is 0 Å². The highest BCUT2D eigenvalue weighted by molar-refractivity contribution is 6.74. The molecule has 0 amide bonds. The van der Waals surface area contributed by atoms with E-state index >= 15 is 0 Å². The van der Waals surface area contributed by atoms with Crippen LogP contribution < -0.4 is 0 Å². The minimum absolute atomic E-state index is 0.341. The van der Waals surface area contributed by atoms with Crippen molar-refractivity contribution in [1.82, 2.24) is 0 Å². The zero-order valence-corrected chi connectivity index (χ0v) is 12.1. The summed E-state index contributed by atoms with van der Waals surface area (Å²) in [5.41, 5.74) is 0. The van der Waals surface area contributed by atoms with E-state index in [9.17, 15) is 0 Å². The third-order valence-electron chi connectivity index (χ3n) is 3.27. The van der Waals surface area contributed by atoms with Crippen LogP contribution in [0.2, 0.25) is 18.1 Å². The van der Waals surface area contributed by atoms with E-state index in [-0.39, 0.29) is 0 Å². The molecule has 0 aromatic rings. The van der Waals surface area contributed by atoms with Crippen LogP contribution in [0.25, 0.3) is 0 Å². The normalized spacial score (nSPS) is 15.6. The summed E-state index contributed by atoms with van der Waals surface area (Å²) < 4.78 is 6.24. The SMILES string of the molecule is CCCC[C@@H](C)O[Si](C)(C)C(C)(C)C. The third kappa shape index (κ3) is 4.60. The van der Waals surface area contributed by atoms with Gasteiger partial charge in [-0.2, -0.15) is 0 Å². The van der Waals surface area contributed by atoms with Gasteiger partial charge in [0, 0.05) is 6.10 Å². The Morgan fingerprint density at radius 3 is 2.07 bits per heavy atom. The van der Waals surface area contributed by atoms with Gasteiger partial charge in [0.2, 0.25) is 0 Å². The molecule has 0 aliphatic heterocycles. The first-order chi connectivity index (χ1) is 6.20. The Kier molecular flexibility index (Phi) is 5.38. The Morgan fingerprint density at radius 2 is 1.71 bits per heavy atom. The summed E-state index contributed by atoms with van der Waals surface area (Å²) in [4.78, 5) is 0. The zero-order valence-electron chi connectivity index (χ0n) is 11.1. The number of hydrogen-bond donors (Lipinski definition) is 0. The van der Waals surface area contributed by atoms with E-state index in [1.807, 2.05) is 0 Å². The lowest BCUT2D eigenvalue weighted by Gasteiger charge is -2.38. The average Bonchev–Trinajstić information content (AvgIpc) is 1.97. The predicted octanol–water partition coefficient (Wildman–Crippen LogP) is 4.59. The molecule has 86 valence electrons. The largest absolute Gasteiger partial charge is 0.414 e. The van der Waals surface area contributed by atoms with Crippen LogP contribution in [-0.4, -0.2) is 14.4 Å². The Morgan fingerprint density at radius 1 is 1.21 bits per heavy atom. The molecule has 0 aromatic heterocycles. The van der Waals surface area contributed by atoms with E-state index in [4.69, 9.17) is 4.43 Å². The van der Waals surface area contributed by atoms with Crippen molar-refractivity contribution in [2.24, 2.45) is 0 Å². The molecule has 0 bridgehead atoms. The van der Waals surface area contributed by atoms with E-state index in [2.05, 4.69) is 47.7 Å². The zero-order chi connectivity index (χ0) is 11.4. The Hall–Kier alpha value is 0.177. The van der Waals surface area contributed by atoms with Crippen LogP contribution >= 0.6 is 0 Å². The summed E-state index contributed by atoms with van der Waals surface area (Å²) in [6.45, 7) is 16.0. The van der Waals surface area contributed by atoms with Crippen LogP contribution in [0.15, 0.2) is 0 Å². The predicted molar refractivity (Wildman–Crippen MR) is 67.3 cm³/mol. The van der Waals surface area contributed by atoms with Crippen molar-refractivity contribution in [3.05, 3.63) is 0 Å². The summed E-state index contributed by atoms with van der Waals surface area (Å²) >= 11 is 0. The second-order valence-corrected chi connectivity index (χ2v) is 10.6. The molecule has 0 spiro atoms. The molecule has 0 aliphatic rings. The van der Waals surface area contributed by atoms with Gasteiger partial charge in [0.05, 0.1) is 0 Å². The molecule has 14 heavy (non-hydrogen) atoms. The fraction of sp³-hybridized carbons (Fsp3) is 1.00. The van der Waals surface area contributed by atoms with Gasteiger partial charge in [-0.15, -0.1) is 0 Å². The van der Waals surface area contributed by atoms with Crippen LogP contribution in [-0.2, 0) is 4.43 Å². The molecule has 0 heterocycles. The van der Waals surface area contributed by atoms with Gasteiger partial charge in [-0.25, -0.2) is 0 Å². The van der Waals surface area contributed by atoms with E-state index in [0.29, 0.717) is 11.1 Å². The third-order valence-corrected chi connectivity index (χ3v) is 7.87. The van der Waals surface area contributed by atoms with Gasteiger partial charge in [-0.1, -0.05) is 40.5 Å². The summed E-state index contributed by atoms with van der Waals surface area (Å²) in [6, 6.07) is 0. The van der Waals surface area contributed by atoms with E-state index in [1.165, 1.54) is 19.3 Å². The monoisotopic (exact) mass is 216 g/mol. The second-order valence-electron chi connectivity index (χ2n) is 5.83. The van der Waals surface area contributed by atoms with Crippen molar-refractivity contribution in [1.29, 1.82) is 0 Å². The van der Waals surface area contributed by atoms with Crippen molar-refractivity contribution in [3.8, 4) is 0 Å². The van der Waals surface area contributed by atoms with Crippen LogP contribution in [0.4, 0.5) is 0 Å². The van der Waals surface area contributed by atoms with Crippen LogP contribution in [0, 0.1) is 0 Å². The quantitative estimate of drug-likeness (QED) is 0.611. The lowest BCUT2D eigenvalue weighted by atomic mass is 10.2. The van der Waals surface area contributed by atoms with Gasteiger partial charge in [0.1, 0.15) is 0 Å². The van der Waals surface area contributed by atoms with Gasteiger partial charge in [-0.05, 0) is 31.5 Å². The van der Waals surface area contributed by atoms with Crippen LogP contribution in [0.5, 0.6) is 0 Å². The van der Waals surface area contributed by atoms with Crippen LogP contribution in [0.1, 0.15) is 53.9 Å². The Labute approximate surface area is 91.4 Å². The topological polar surface area (TPSA) is 9.23 Å². The molecule has 1 nitrogen and oxygen atoms in total. The molecular formula is C12H28OSi. The van der Waals surface area contributed by atoms with Gasteiger partial charge in [0.25, 0.3) is 0 Å². The highest BCUT2D eigenvalue weighted by Gasteiger charge is 2.38. The van der Waals surface area contributed by atoms with E-state index < -0.39 is 8.32 Å². The lowest BCUT2D eigenvalue weighted by Crippen LogP contribution is -2.43. The first kappa shape index (κ1) is 14.2. The fourth-order valence-corrected chi connectivity index (χ4v) is 2.71. The molecule has 0 aliphatic carbocycles. The molecule has 0 radical (unpaired) electrons. The molecule has 0 rings (SSSR count). The molecule has 2 heteroatoms. The van der Waals surface area contributed by atoms with Crippen molar-refractivity contribution in [3.63, 3.8) is 0 Å². The molecule has 0 saturated carbocycles. The number of hydrogen-bond acceptors (Lipinski definition) is 1. The molecular weight excluding hydrogens is 188 g/mol. The Bertz CT molecular complexity index is 158. The maximum absolute atomic E-state index is 6.24. The molecule has 0 saturated heterocycles. The first-order valence-electron chi connectivity index (χ1n) is 5.88. The van der Waals surface area contributed by atoms with Crippen LogP contribution in [0.3, 0.4) is 0 Å². The maximum Gasteiger partial charge on any atom is 0.192 e. The second kappa shape index (κ2) is 5.31. The summed E-state index contributed by atoms with van der Waals surface area (Å²) in [6.07, 6.45) is 4.21. The number of rotatable bonds is 5. The number of unbranched alkanes of at least 4 members (excludes halogenated alkanes) is 1. The first-order valence-corrected chi connectivity index (χ1v) is 8.79. The van der Waals surface area contributed by atoms with E-state index in [0.717, 1.165) is 0 Å². The fourth-order valence-electron chi connectivity index (χ4n) is 1.23. The summed E-state index contributed by atoms with van der Waals surface area (Å²) in [7, 11) is -1.52. The van der Waals surface area contributed by atoms with Crippen molar-refractivity contribution >= 4 is 8.32 Å². The van der Waals surface area contributed by atoms with Gasteiger partial charge >= 0.3 is 0 Å². The summed E-state index contributed by atoms with van der Waals surface area (Å²) in [5, 5.41) is 0.341. The molecule has 0 unspecified atom stereocenters. The smallest absolute Gasteiger partial charge is 0.192 e. The summed E-state index contributed by atoms with van der Waals surface area (Å²) in [5.74, 6) is 0. The van der Waals surface area contributed by atoms with E-state index in [1.54, 1.807) is 0 Å². The van der Waals surface area contributed by atoms with Crippen molar-refractivity contribution in [2.45, 2.75) is 78.1 Å². The Balaban J connectivity index is 4.08. The molecule has 1 atom stereocenters. The van der Waals surface area contributed by atoms with Gasteiger partial charge < -0.3 is 4.43 Å². The molecule has 0 fully saturated rings. The minimum Gasteiger partial charge on any atom is -0.414 e. The highest BCUT2D eigenvalue weighted by Crippen LogP contribution is 2.37. The minimum atomic E-state index is -1.52. The molecule has 0 aromatic carbocycles. The average molecular weight is 216 g/mol. The van der Waals surface area contributed by atoms with Crippen molar-refractivity contribution < 1.29 is 4.43 Å². The molecule has 0 N–H and O–H groups in total. The van der Waals surface area contributed by atoms with Crippen molar-refractivity contribution in [2.75, 3.05) is 0 Å². The lowest BCUT2D eigenvalue weighted by molar-refractivity contribution is 0.186.